The number of likely N-dealkylation sites (tertiary alicyclic amines) is 1. The van der Waals surface area contributed by atoms with Crippen LogP contribution in [0.4, 0.5) is 0 Å². The number of ketones is 1. The maximum absolute atomic E-state index is 13.6. The molecule has 182 valence electrons. The highest BCUT2D eigenvalue weighted by molar-refractivity contribution is 6.26. The van der Waals surface area contributed by atoms with E-state index in [1.165, 1.54) is 19.3 Å². The van der Waals surface area contributed by atoms with Crippen molar-refractivity contribution in [1.29, 1.82) is 0 Å². The minimum Gasteiger partial charge on any atom is -0.508 e. The van der Waals surface area contributed by atoms with E-state index < -0.39 is 0 Å². The van der Waals surface area contributed by atoms with Gasteiger partial charge in [-0.15, -0.1) is 0 Å². The van der Waals surface area contributed by atoms with E-state index in [0.717, 1.165) is 41.5 Å². The van der Waals surface area contributed by atoms with Crippen LogP contribution in [0.1, 0.15) is 35.2 Å². The Morgan fingerprint density at radius 1 is 0.806 bits per heavy atom. The molecule has 0 saturated carbocycles. The van der Waals surface area contributed by atoms with Crippen molar-refractivity contribution in [3.63, 3.8) is 0 Å². The van der Waals surface area contributed by atoms with Crippen molar-refractivity contribution in [2.24, 2.45) is 0 Å². The molecule has 5 aromatic rings. The van der Waals surface area contributed by atoms with Crippen LogP contribution in [-0.4, -0.2) is 47.1 Å². The van der Waals surface area contributed by atoms with Gasteiger partial charge < -0.3 is 19.4 Å². The molecule has 36 heavy (non-hydrogen) atoms. The van der Waals surface area contributed by atoms with Crippen LogP contribution in [-0.2, 0) is 0 Å². The van der Waals surface area contributed by atoms with Crippen LogP contribution in [0.3, 0.4) is 0 Å². The number of benzene rings is 4. The molecule has 0 atom stereocenters. The Bertz CT molecular complexity index is 1580. The second kappa shape index (κ2) is 9.21. The number of phenolic OH excluding ortho intramolecular Hbond substituents is 2. The van der Waals surface area contributed by atoms with Gasteiger partial charge in [0.05, 0.1) is 0 Å². The number of furan rings is 1. The largest absolute Gasteiger partial charge is 0.508 e. The van der Waals surface area contributed by atoms with Crippen LogP contribution >= 0.6 is 0 Å². The third-order valence-electron chi connectivity index (χ3n) is 7.02. The smallest absolute Gasteiger partial charge is 0.193 e. The average Bonchev–Trinajstić information content (AvgIpc) is 3.26. The van der Waals surface area contributed by atoms with Crippen LogP contribution in [0.2, 0.25) is 0 Å². The second-order valence-electron chi connectivity index (χ2n) is 9.41. The van der Waals surface area contributed by atoms with Gasteiger partial charge in [0, 0.05) is 34.5 Å². The highest BCUT2D eigenvalue weighted by Crippen LogP contribution is 2.39. The van der Waals surface area contributed by atoms with Crippen LogP contribution < -0.4 is 4.74 Å². The van der Waals surface area contributed by atoms with Gasteiger partial charge in [0.15, 0.2) is 5.78 Å². The van der Waals surface area contributed by atoms with Crippen LogP contribution in [0, 0.1) is 0 Å². The molecule has 1 aliphatic heterocycles. The van der Waals surface area contributed by atoms with E-state index in [9.17, 15) is 15.0 Å². The lowest BCUT2D eigenvalue weighted by Crippen LogP contribution is -2.33. The summed E-state index contributed by atoms with van der Waals surface area (Å²) in [6.07, 6.45) is 3.83. The highest BCUT2D eigenvalue weighted by Gasteiger charge is 2.20. The molecule has 6 nitrogen and oxygen atoms in total. The maximum Gasteiger partial charge on any atom is 0.193 e. The van der Waals surface area contributed by atoms with Gasteiger partial charge in [0.25, 0.3) is 0 Å². The molecule has 2 heterocycles. The molecular weight excluding hydrogens is 454 g/mol. The van der Waals surface area contributed by atoms with Gasteiger partial charge in [-0.2, -0.15) is 0 Å². The van der Waals surface area contributed by atoms with Crippen molar-refractivity contribution in [2.45, 2.75) is 19.3 Å². The van der Waals surface area contributed by atoms with Crippen molar-refractivity contribution in [2.75, 3.05) is 26.2 Å². The average molecular weight is 482 g/mol. The third-order valence-corrected chi connectivity index (χ3v) is 7.02. The van der Waals surface area contributed by atoms with Gasteiger partial charge in [-0.25, -0.2) is 0 Å². The van der Waals surface area contributed by atoms with Crippen molar-refractivity contribution >= 4 is 38.5 Å². The number of rotatable bonds is 6. The number of nitrogens with zero attached hydrogens (tertiary/aromatic N) is 1. The monoisotopic (exact) mass is 481 g/mol. The number of carbonyl (C=O) groups excluding carboxylic acids is 1. The number of hydrogen-bond acceptors (Lipinski definition) is 6. The van der Waals surface area contributed by atoms with Gasteiger partial charge >= 0.3 is 0 Å². The van der Waals surface area contributed by atoms with E-state index in [2.05, 4.69) is 4.90 Å². The van der Waals surface area contributed by atoms with Gasteiger partial charge in [0.1, 0.15) is 35.0 Å². The van der Waals surface area contributed by atoms with E-state index in [1.807, 2.05) is 12.1 Å². The first-order valence-corrected chi connectivity index (χ1v) is 12.4. The van der Waals surface area contributed by atoms with Gasteiger partial charge in [0.2, 0.25) is 0 Å². The zero-order valence-corrected chi connectivity index (χ0v) is 19.9. The molecule has 4 aromatic carbocycles. The summed E-state index contributed by atoms with van der Waals surface area (Å²) in [6, 6.07) is 18.9. The van der Waals surface area contributed by atoms with Crippen LogP contribution in [0.15, 0.2) is 71.1 Å². The number of fused-ring (bicyclic) bond motifs is 5. The van der Waals surface area contributed by atoms with E-state index in [1.54, 1.807) is 54.6 Å². The number of carbonyl (C=O) groups is 1. The molecule has 1 aromatic heterocycles. The Kier molecular flexibility index (Phi) is 5.74. The predicted octanol–water partition coefficient (Wildman–Crippen LogP) is 6.25. The fourth-order valence-electron chi connectivity index (χ4n) is 5.19. The van der Waals surface area contributed by atoms with Crippen molar-refractivity contribution in [1.82, 2.24) is 4.90 Å². The quantitative estimate of drug-likeness (QED) is 0.279. The van der Waals surface area contributed by atoms with Gasteiger partial charge in [-0.05, 0) is 97.4 Å². The SMILES string of the molecule is O=C(c1ccc(OCCN2CCCCC2)cc1)c1cc2oc3cc(O)ccc3c2c2ccc(O)cc12. The molecule has 0 spiro atoms. The summed E-state index contributed by atoms with van der Waals surface area (Å²) in [4.78, 5) is 16.0. The Morgan fingerprint density at radius 2 is 1.53 bits per heavy atom. The zero-order valence-electron chi connectivity index (χ0n) is 19.9. The topological polar surface area (TPSA) is 83.1 Å². The molecule has 0 radical (unpaired) electrons. The number of aromatic hydroxyl groups is 2. The normalized spacial score (nSPS) is 14.6. The van der Waals surface area contributed by atoms with Gasteiger partial charge in [-0.3, -0.25) is 9.69 Å². The second-order valence-corrected chi connectivity index (χ2v) is 9.41. The first kappa shape index (κ1) is 22.4. The third kappa shape index (κ3) is 4.14. The first-order valence-electron chi connectivity index (χ1n) is 12.4. The minimum absolute atomic E-state index is 0.0822. The van der Waals surface area contributed by atoms with E-state index in [-0.39, 0.29) is 17.3 Å². The van der Waals surface area contributed by atoms with E-state index >= 15 is 0 Å². The molecule has 0 bridgehead atoms. The number of phenols is 2. The molecular formula is C30H27NO5. The Hall–Kier alpha value is -4.03. The number of piperidine rings is 1. The number of hydrogen-bond donors (Lipinski definition) is 2. The molecule has 6 rings (SSSR count). The molecule has 0 amide bonds. The lowest BCUT2D eigenvalue weighted by Gasteiger charge is -2.26. The fraction of sp³-hybridized carbons (Fsp3) is 0.233. The summed E-state index contributed by atoms with van der Waals surface area (Å²) in [5.41, 5.74) is 2.05. The molecule has 0 unspecified atom stereocenters. The molecule has 0 aliphatic carbocycles. The van der Waals surface area contributed by atoms with Crippen molar-refractivity contribution in [3.05, 3.63) is 77.9 Å². The Labute approximate surface area is 208 Å². The molecule has 2 N–H and O–H groups in total. The summed E-state index contributed by atoms with van der Waals surface area (Å²) in [5.74, 6) is 0.756. The molecule has 1 fully saturated rings. The fourth-order valence-corrected chi connectivity index (χ4v) is 5.19. The molecule has 6 heteroatoms. The Balaban J connectivity index is 1.32. The van der Waals surface area contributed by atoms with Crippen LogP contribution in [0.25, 0.3) is 32.7 Å². The summed E-state index contributed by atoms with van der Waals surface area (Å²) in [6.45, 7) is 3.80. The standard InChI is InChI=1S/C30H27NO5/c32-20-6-10-23-25(16-20)26(18-28-29(23)24-11-7-21(33)17-27(24)36-28)30(34)19-4-8-22(9-5-19)35-15-14-31-12-2-1-3-13-31/h4-11,16-18,32-33H,1-3,12-15H2. The van der Waals surface area contributed by atoms with E-state index in [4.69, 9.17) is 9.15 Å². The summed E-state index contributed by atoms with van der Waals surface area (Å²) >= 11 is 0. The summed E-state index contributed by atoms with van der Waals surface area (Å²) < 4.78 is 11.9. The van der Waals surface area contributed by atoms with E-state index in [0.29, 0.717) is 34.3 Å². The Morgan fingerprint density at radius 3 is 2.31 bits per heavy atom. The number of ether oxygens (including phenoxy) is 1. The molecule has 1 saturated heterocycles. The lowest BCUT2D eigenvalue weighted by molar-refractivity contribution is 0.104. The summed E-state index contributed by atoms with van der Waals surface area (Å²) in [7, 11) is 0. The summed E-state index contributed by atoms with van der Waals surface area (Å²) in [5, 5.41) is 23.2. The predicted molar refractivity (Wildman–Crippen MR) is 140 cm³/mol. The lowest BCUT2D eigenvalue weighted by atomic mass is 9.94. The minimum atomic E-state index is -0.171. The van der Waals surface area contributed by atoms with Crippen LogP contribution in [0.5, 0.6) is 17.2 Å². The molecule has 1 aliphatic rings. The van der Waals surface area contributed by atoms with Crippen molar-refractivity contribution < 1.29 is 24.2 Å². The van der Waals surface area contributed by atoms with Crippen molar-refractivity contribution in [3.8, 4) is 17.2 Å². The highest BCUT2D eigenvalue weighted by atomic mass is 16.5. The first-order chi connectivity index (χ1) is 17.6. The maximum atomic E-state index is 13.6. The zero-order chi connectivity index (χ0) is 24.6. The van der Waals surface area contributed by atoms with Gasteiger partial charge in [-0.1, -0.05) is 6.42 Å².